The molecule has 0 aromatic heterocycles. The third-order valence-electron chi connectivity index (χ3n) is 9.42. The van der Waals surface area contributed by atoms with Gasteiger partial charge in [-0.1, -0.05) is 51.1 Å². The van der Waals surface area contributed by atoms with Crippen molar-refractivity contribution in [3.63, 3.8) is 0 Å². The summed E-state index contributed by atoms with van der Waals surface area (Å²) in [6.07, 6.45) is -0.832. The number of nitrogens with zero attached hydrogens (tertiary/aromatic N) is 2. The van der Waals surface area contributed by atoms with Crippen LogP contribution in [-0.2, 0) is 30.7 Å². The maximum Gasteiger partial charge on any atom is 0.411 e. The van der Waals surface area contributed by atoms with E-state index in [0.29, 0.717) is 17.0 Å². The molecular formula is C33H44N2O8Si. The van der Waals surface area contributed by atoms with Crippen LogP contribution in [0, 0.1) is 0 Å². The number of aldehydes is 1. The van der Waals surface area contributed by atoms with E-state index in [-0.39, 0.29) is 23.8 Å². The molecule has 3 aliphatic heterocycles. The Hall–Kier alpha value is -3.41. The Balaban J connectivity index is 1.65. The minimum absolute atomic E-state index is 0.0124. The molecule has 5 atom stereocenters. The third kappa shape index (κ3) is 5.28. The summed E-state index contributed by atoms with van der Waals surface area (Å²) >= 11 is 0. The second-order valence-corrected chi connectivity index (χ2v) is 19.3. The van der Waals surface area contributed by atoms with Gasteiger partial charge in [-0.2, -0.15) is 0 Å². The SMILES string of the molecule is COC(=O)c1cc(OCc2ccccc2)c2c(c1)N1C(O)[C@H]3[C@@H](C1[C@@]2(C=O)CO[Si](C)(C)C(C)(C)C)N3C(=O)OC(C)(C)C. The molecule has 2 saturated heterocycles. The van der Waals surface area contributed by atoms with E-state index in [1.54, 1.807) is 37.8 Å². The van der Waals surface area contributed by atoms with Crippen LogP contribution in [0.3, 0.4) is 0 Å². The molecule has 3 aliphatic rings. The molecular weight excluding hydrogens is 580 g/mol. The number of rotatable bonds is 8. The van der Waals surface area contributed by atoms with Gasteiger partial charge in [0.15, 0.2) is 8.32 Å². The Labute approximate surface area is 260 Å². The minimum atomic E-state index is -2.38. The molecule has 0 aliphatic carbocycles. The Morgan fingerprint density at radius 3 is 2.27 bits per heavy atom. The number of carbonyl (C=O) groups is 3. The van der Waals surface area contributed by atoms with Crippen LogP contribution in [0.5, 0.6) is 5.75 Å². The molecule has 2 aromatic rings. The molecule has 238 valence electrons. The van der Waals surface area contributed by atoms with Gasteiger partial charge in [-0.3, -0.25) is 4.90 Å². The van der Waals surface area contributed by atoms with Crippen LogP contribution in [0.15, 0.2) is 42.5 Å². The van der Waals surface area contributed by atoms with E-state index in [1.807, 2.05) is 30.3 Å². The molecule has 5 rings (SSSR count). The Morgan fingerprint density at radius 1 is 1.05 bits per heavy atom. The minimum Gasteiger partial charge on any atom is -0.488 e. The van der Waals surface area contributed by atoms with Gasteiger partial charge in [-0.15, -0.1) is 0 Å². The number of benzene rings is 2. The molecule has 3 heterocycles. The number of aliphatic hydroxyl groups excluding tert-OH is 1. The zero-order chi connectivity index (χ0) is 32.4. The van der Waals surface area contributed by atoms with E-state index >= 15 is 0 Å². The van der Waals surface area contributed by atoms with Crippen LogP contribution in [0.4, 0.5) is 10.5 Å². The summed E-state index contributed by atoms with van der Waals surface area (Å²) in [5, 5.41) is 11.6. The van der Waals surface area contributed by atoms with Crippen molar-refractivity contribution < 1.29 is 38.1 Å². The summed E-state index contributed by atoms with van der Waals surface area (Å²) < 4.78 is 23.9. The van der Waals surface area contributed by atoms with Gasteiger partial charge in [-0.25, -0.2) is 9.59 Å². The molecule has 10 nitrogen and oxygen atoms in total. The van der Waals surface area contributed by atoms with E-state index in [4.69, 9.17) is 18.6 Å². The number of methoxy groups -OCH3 is 1. The zero-order valence-electron chi connectivity index (χ0n) is 27.0. The van der Waals surface area contributed by atoms with Crippen LogP contribution in [-0.4, -0.2) is 80.3 Å². The number of aliphatic hydroxyl groups is 1. The number of ether oxygens (including phenoxy) is 3. The normalized spacial score (nSPS) is 25.6. The van der Waals surface area contributed by atoms with Crippen molar-refractivity contribution in [1.29, 1.82) is 0 Å². The van der Waals surface area contributed by atoms with Crippen molar-refractivity contribution >= 4 is 32.4 Å². The van der Waals surface area contributed by atoms with E-state index in [0.717, 1.165) is 11.8 Å². The first-order chi connectivity index (χ1) is 20.5. The van der Waals surface area contributed by atoms with Crippen molar-refractivity contribution in [2.24, 2.45) is 0 Å². The van der Waals surface area contributed by atoms with E-state index in [1.165, 1.54) is 12.0 Å². The third-order valence-corrected chi connectivity index (χ3v) is 13.9. The summed E-state index contributed by atoms with van der Waals surface area (Å²) in [4.78, 5) is 43.0. The Bertz CT molecular complexity index is 1450. The van der Waals surface area contributed by atoms with Crippen molar-refractivity contribution in [2.75, 3.05) is 18.6 Å². The van der Waals surface area contributed by atoms with Gasteiger partial charge in [-0.05, 0) is 56.6 Å². The highest BCUT2D eigenvalue weighted by Gasteiger charge is 2.76. The van der Waals surface area contributed by atoms with Crippen LogP contribution >= 0.6 is 0 Å². The van der Waals surface area contributed by atoms with Gasteiger partial charge >= 0.3 is 12.1 Å². The molecule has 0 radical (unpaired) electrons. The lowest BCUT2D eigenvalue weighted by Gasteiger charge is -2.41. The van der Waals surface area contributed by atoms with Crippen LogP contribution in [0.2, 0.25) is 18.1 Å². The number of piperazine rings is 1. The Kier molecular flexibility index (Phi) is 7.92. The lowest BCUT2D eigenvalue weighted by Crippen LogP contribution is -2.56. The van der Waals surface area contributed by atoms with Crippen molar-refractivity contribution in [2.45, 2.75) is 102 Å². The molecule has 1 N–H and O–H groups in total. The predicted octanol–water partition coefficient (Wildman–Crippen LogP) is 5.02. The number of hydrogen-bond acceptors (Lipinski definition) is 9. The number of anilines is 1. The fourth-order valence-electron chi connectivity index (χ4n) is 6.17. The molecule has 44 heavy (non-hydrogen) atoms. The monoisotopic (exact) mass is 624 g/mol. The number of carbonyl (C=O) groups excluding carboxylic acids is 3. The lowest BCUT2D eigenvalue weighted by molar-refractivity contribution is -0.114. The smallest absolute Gasteiger partial charge is 0.411 e. The van der Waals surface area contributed by atoms with E-state index < -0.39 is 55.7 Å². The highest BCUT2D eigenvalue weighted by molar-refractivity contribution is 6.74. The van der Waals surface area contributed by atoms with Crippen LogP contribution in [0.25, 0.3) is 0 Å². The van der Waals surface area contributed by atoms with Crippen LogP contribution < -0.4 is 9.64 Å². The van der Waals surface area contributed by atoms with Crippen LogP contribution in [0.1, 0.15) is 63.0 Å². The van der Waals surface area contributed by atoms with Gasteiger partial charge in [0.05, 0.1) is 31.4 Å². The number of fused-ring (bicyclic) bond motifs is 5. The lowest BCUT2D eigenvalue weighted by atomic mass is 9.76. The Morgan fingerprint density at radius 2 is 1.70 bits per heavy atom. The largest absolute Gasteiger partial charge is 0.488 e. The fourth-order valence-corrected chi connectivity index (χ4v) is 7.20. The second kappa shape index (κ2) is 10.9. The average Bonchev–Trinajstić information content (AvgIpc) is 3.52. The van der Waals surface area contributed by atoms with Gasteiger partial charge in [0, 0.05) is 11.3 Å². The quantitative estimate of drug-likeness (QED) is 0.187. The summed E-state index contributed by atoms with van der Waals surface area (Å²) in [6.45, 7) is 16.1. The van der Waals surface area contributed by atoms with Gasteiger partial charge in [0.1, 0.15) is 41.9 Å². The van der Waals surface area contributed by atoms with E-state index in [9.17, 15) is 19.5 Å². The van der Waals surface area contributed by atoms with Crippen molar-refractivity contribution in [3.05, 3.63) is 59.2 Å². The summed E-state index contributed by atoms with van der Waals surface area (Å²) in [6, 6.07) is 11.0. The maximum atomic E-state index is 13.6. The topological polar surface area (TPSA) is 115 Å². The highest BCUT2D eigenvalue weighted by Crippen LogP contribution is 2.61. The van der Waals surface area contributed by atoms with Gasteiger partial charge < -0.3 is 33.4 Å². The van der Waals surface area contributed by atoms with E-state index in [2.05, 4.69) is 33.9 Å². The molecule has 0 bridgehead atoms. The van der Waals surface area contributed by atoms with Gasteiger partial charge in [0.2, 0.25) is 0 Å². The first-order valence-corrected chi connectivity index (χ1v) is 17.9. The molecule has 2 unspecified atom stereocenters. The maximum absolute atomic E-state index is 13.6. The predicted molar refractivity (Wildman–Crippen MR) is 167 cm³/mol. The molecule has 0 spiro atoms. The zero-order valence-corrected chi connectivity index (χ0v) is 28.0. The summed E-state index contributed by atoms with van der Waals surface area (Å²) in [5.74, 6) is -0.260. The second-order valence-electron chi connectivity index (χ2n) is 14.5. The van der Waals surface area contributed by atoms with Gasteiger partial charge in [0.25, 0.3) is 0 Å². The highest BCUT2D eigenvalue weighted by atomic mass is 28.4. The summed E-state index contributed by atoms with van der Waals surface area (Å²) in [7, 11) is -1.08. The first-order valence-electron chi connectivity index (χ1n) is 15.0. The van der Waals surface area contributed by atoms with Crippen molar-refractivity contribution in [1.82, 2.24) is 4.90 Å². The summed E-state index contributed by atoms with van der Waals surface area (Å²) in [5.41, 5.74) is 0.0535. The first kappa shape index (κ1) is 32.0. The molecule has 2 fully saturated rings. The fraction of sp³-hybridized carbons (Fsp3) is 0.545. The van der Waals surface area contributed by atoms with Crippen molar-refractivity contribution in [3.8, 4) is 5.75 Å². The molecule has 0 saturated carbocycles. The molecule has 11 heteroatoms. The number of hydrogen-bond donors (Lipinski definition) is 1. The molecule has 1 amide bonds. The number of esters is 1. The standard InChI is InChI=1S/C33H44N2O8Si/c1-31(2,3)43-30(39)35-25-26(35)28(37)34-22-15-21(29(38)40-7)16-23(41-17-20-13-11-10-12-14-20)24(22)33(18-36,27(25)34)19-42-44(8,9)32(4,5)6/h10-16,18,25-28,37H,17,19H2,1-9H3/t25-,26+,27?,28?,33-,35?/m0/s1. The average molecular weight is 625 g/mol. The number of amides is 1. The molecule has 2 aromatic carbocycles.